The Morgan fingerprint density at radius 1 is 0.500 bits per heavy atom. The van der Waals surface area contributed by atoms with Gasteiger partial charge in [-0.1, -0.05) is 154 Å². The topological polar surface area (TPSA) is 104 Å². The fourth-order valence-electron chi connectivity index (χ4n) is 8.31. The highest BCUT2D eigenvalue weighted by Gasteiger charge is 2.31. The number of ether oxygens (including phenoxy) is 1. The maximum absolute atomic E-state index is 15.1. The van der Waals surface area contributed by atoms with Gasteiger partial charge in [-0.25, -0.2) is 9.59 Å². The third-order valence-electron chi connectivity index (χ3n) is 11.3. The van der Waals surface area contributed by atoms with Gasteiger partial charge in [-0.15, -0.1) is 0 Å². The fourth-order valence-corrected chi connectivity index (χ4v) is 8.31. The molecule has 5 rings (SSSR count). The first-order valence-corrected chi connectivity index (χ1v) is 21.0. The Hall–Kier alpha value is -5.36. The van der Waals surface area contributed by atoms with E-state index < -0.39 is 22.8 Å². The van der Waals surface area contributed by atoms with Crippen LogP contribution in [0.25, 0.3) is 11.1 Å². The van der Waals surface area contributed by atoms with Gasteiger partial charge in [-0.05, 0) is 112 Å². The lowest BCUT2D eigenvalue weighted by molar-refractivity contribution is 0.0691. The second-order valence-electron chi connectivity index (χ2n) is 21.1. The van der Waals surface area contributed by atoms with Gasteiger partial charge in [0.25, 0.3) is 0 Å². The minimum atomic E-state index is -1.11. The molecule has 0 aliphatic heterocycles. The number of carboxylic acid groups (broad SMARTS) is 1. The van der Waals surface area contributed by atoms with Crippen molar-refractivity contribution in [2.45, 2.75) is 145 Å². The molecule has 0 radical (unpaired) electrons. The summed E-state index contributed by atoms with van der Waals surface area (Å²) in [6.07, 6.45) is 0.664. The van der Waals surface area contributed by atoms with Crippen molar-refractivity contribution in [3.05, 3.63) is 145 Å². The van der Waals surface area contributed by atoms with Crippen LogP contribution in [-0.2, 0) is 34.5 Å². The first-order chi connectivity index (χ1) is 27.5. The number of aryl methyl sites for hydroxylation is 4. The maximum atomic E-state index is 15.1. The van der Waals surface area contributed by atoms with Gasteiger partial charge in [0.2, 0.25) is 0 Å². The van der Waals surface area contributed by atoms with Crippen LogP contribution in [0.1, 0.15) is 171 Å². The van der Waals surface area contributed by atoms with Crippen molar-refractivity contribution in [2.75, 3.05) is 0 Å². The highest BCUT2D eigenvalue weighted by molar-refractivity contribution is 6.02. The molecule has 3 N–H and O–H groups in total. The first kappa shape index (κ1) is 45.7. The molecule has 6 heteroatoms. The largest absolute Gasteiger partial charge is 0.507 e. The number of carboxylic acids is 1. The zero-order chi connectivity index (χ0) is 45.0. The molecule has 0 fully saturated rings. The van der Waals surface area contributed by atoms with E-state index in [2.05, 4.69) is 95.2 Å². The smallest absolute Gasteiger partial charge is 0.344 e. The van der Waals surface area contributed by atoms with E-state index in [4.69, 9.17) is 4.74 Å². The Bertz CT molecular complexity index is 2490. The quantitative estimate of drug-likeness (QED) is 0.106. The number of carbonyl (C=O) groups is 2. The van der Waals surface area contributed by atoms with Crippen molar-refractivity contribution in [3.8, 4) is 28.4 Å². The molecule has 0 saturated carbocycles. The lowest BCUT2D eigenvalue weighted by Crippen LogP contribution is -2.20. The molecule has 6 nitrogen and oxygen atoms in total. The standard InChI is InChI=1S/C54H66O6/c1-30-19-35(27-36-20-31(2)24-42(46(36)55)52(8,9)10)45(41(23-30)51(5,6)7)40-29-34(49(57)58)17-18-39(40)50(59)60-48-38(22-33(4)26-44(48)54(14,15)16)28-37-21-32(3)25-43(47(37)56)53(11,12)13/h17-26,29,55-56H,27-28H2,1-16H3,(H,57,58). The molecule has 0 spiro atoms. The van der Waals surface area contributed by atoms with Crippen LogP contribution < -0.4 is 4.74 Å². The van der Waals surface area contributed by atoms with Gasteiger partial charge in [-0.2, -0.15) is 0 Å². The summed E-state index contributed by atoms with van der Waals surface area (Å²) in [6, 6.07) is 20.9. The van der Waals surface area contributed by atoms with Gasteiger partial charge >= 0.3 is 11.9 Å². The molecule has 0 heterocycles. The third kappa shape index (κ3) is 9.81. The summed E-state index contributed by atoms with van der Waals surface area (Å²) >= 11 is 0. The number of esters is 1. The van der Waals surface area contributed by atoms with Crippen LogP contribution in [0.5, 0.6) is 17.2 Å². The minimum absolute atomic E-state index is 0.0392. The number of benzene rings is 5. The average Bonchev–Trinajstić information content (AvgIpc) is 3.09. The van der Waals surface area contributed by atoms with Crippen molar-refractivity contribution in [1.29, 1.82) is 0 Å². The SMILES string of the molecule is Cc1cc(Cc2cc(C)cc(C(C)(C)C)c2OC(=O)c2ccc(C(=O)O)cc2-c2c(Cc3cc(C)cc(C(C)(C)C)c3O)cc(C)cc2C(C)(C)C)c(O)c(C(C)(C)C)c1. The van der Waals surface area contributed by atoms with Gasteiger partial charge in [0.1, 0.15) is 17.2 Å². The van der Waals surface area contributed by atoms with E-state index in [0.29, 0.717) is 24.2 Å². The van der Waals surface area contributed by atoms with E-state index in [1.807, 2.05) is 64.1 Å². The summed E-state index contributed by atoms with van der Waals surface area (Å²) in [5, 5.41) is 33.8. The number of hydrogen-bond donors (Lipinski definition) is 3. The van der Waals surface area contributed by atoms with E-state index >= 15 is 4.79 Å². The summed E-state index contributed by atoms with van der Waals surface area (Å²) in [6.45, 7) is 33.1. The lowest BCUT2D eigenvalue weighted by atomic mass is 9.76. The molecule has 318 valence electrons. The number of hydrogen-bond acceptors (Lipinski definition) is 5. The molecule has 0 unspecified atom stereocenters. The number of aromatic carboxylic acids is 1. The molecule has 5 aromatic rings. The summed E-state index contributed by atoms with van der Waals surface area (Å²) in [7, 11) is 0. The van der Waals surface area contributed by atoms with Gasteiger partial charge in [0.15, 0.2) is 0 Å². The molecule has 0 aliphatic carbocycles. The monoisotopic (exact) mass is 810 g/mol. The highest BCUT2D eigenvalue weighted by Crippen LogP contribution is 2.44. The predicted octanol–water partition coefficient (Wildman–Crippen LogP) is 13.3. The number of phenolic OH excluding ortho intramolecular Hbond substituents is 2. The minimum Gasteiger partial charge on any atom is -0.507 e. The number of carbonyl (C=O) groups excluding carboxylic acids is 1. The Morgan fingerprint density at radius 3 is 1.32 bits per heavy atom. The summed E-state index contributed by atoms with van der Waals surface area (Å²) in [5.41, 5.74) is 10.6. The normalized spacial score (nSPS) is 12.5. The molecule has 60 heavy (non-hydrogen) atoms. The van der Waals surface area contributed by atoms with Gasteiger partial charge < -0.3 is 20.1 Å². The van der Waals surface area contributed by atoms with Crippen molar-refractivity contribution in [1.82, 2.24) is 0 Å². The summed E-state index contributed by atoms with van der Waals surface area (Å²) in [5.74, 6) is -0.860. The van der Waals surface area contributed by atoms with Crippen LogP contribution in [0.15, 0.2) is 66.7 Å². The second kappa shape index (κ2) is 16.2. The van der Waals surface area contributed by atoms with Crippen LogP contribution in [0, 0.1) is 27.7 Å². The van der Waals surface area contributed by atoms with E-state index in [1.54, 1.807) is 12.1 Å². The summed E-state index contributed by atoms with van der Waals surface area (Å²) in [4.78, 5) is 27.7. The zero-order valence-electron chi connectivity index (χ0n) is 38.8. The number of aromatic hydroxyl groups is 2. The van der Waals surface area contributed by atoms with Gasteiger partial charge in [0, 0.05) is 24.0 Å². The first-order valence-electron chi connectivity index (χ1n) is 21.0. The van der Waals surface area contributed by atoms with E-state index in [1.165, 1.54) is 6.07 Å². The van der Waals surface area contributed by atoms with Crippen LogP contribution in [0.3, 0.4) is 0 Å². The number of rotatable bonds is 8. The molecule has 0 aliphatic rings. The van der Waals surface area contributed by atoms with Crippen molar-refractivity contribution in [2.24, 2.45) is 0 Å². The fraction of sp³-hybridized carbons (Fsp3) is 0.407. The Labute approximate surface area is 358 Å². The van der Waals surface area contributed by atoms with E-state index in [0.717, 1.165) is 72.3 Å². The van der Waals surface area contributed by atoms with Gasteiger partial charge in [0.05, 0.1) is 11.1 Å². The number of phenols is 2. The molecule has 0 atom stereocenters. The third-order valence-corrected chi connectivity index (χ3v) is 11.3. The Morgan fingerprint density at radius 2 is 0.883 bits per heavy atom. The average molecular weight is 811 g/mol. The van der Waals surface area contributed by atoms with Crippen molar-refractivity contribution < 1.29 is 29.6 Å². The van der Waals surface area contributed by atoms with E-state index in [9.17, 15) is 20.1 Å². The second-order valence-corrected chi connectivity index (χ2v) is 21.1. The molecule has 0 amide bonds. The molecular formula is C54H66O6. The molecular weight excluding hydrogens is 745 g/mol. The van der Waals surface area contributed by atoms with Crippen LogP contribution in [0.2, 0.25) is 0 Å². The maximum Gasteiger partial charge on any atom is 0.344 e. The van der Waals surface area contributed by atoms with Gasteiger partial charge in [-0.3, -0.25) is 0 Å². The van der Waals surface area contributed by atoms with Crippen molar-refractivity contribution >= 4 is 11.9 Å². The zero-order valence-corrected chi connectivity index (χ0v) is 38.8. The Balaban J connectivity index is 1.78. The van der Waals surface area contributed by atoms with Crippen LogP contribution in [0.4, 0.5) is 0 Å². The lowest BCUT2D eigenvalue weighted by Gasteiger charge is -2.29. The summed E-state index contributed by atoms with van der Waals surface area (Å²) < 4.78 is 6.63. The molecule has 0 aromatic heterocycles. The molecule has 5 aromatic carbocycles. The predicted molar refractivity (Wildman–Crippen MR) is 246 cm³/mol. The van der Waals surface area contributed by atoms with Crippen LogP contribution >= 0.6 is 0 Å². The molecule has 0 saturated heterocycles. The Kier molecular flexibility index (Phi) is 12.4. The molecule has 0 bridgehead atoms. The van der Waals surface area contributed by atoms with Crippen molar-refractivity contribution in [3.63, 3.8) is 0 Å². The van der Waals surface area contributed by atoms with Crippen LogP contribution in [-0.4, -0.2) is 27.3 Å². The highest BCUT2D eigenvalue weighted by atomic mass is 16.5. The van der Waals surface area contributed by atoms with E-state index in [-0.39, 0.29) is 33.5 Å².